The highest BCUT2D eigenvalue weighted by Crippen LogP contribution is 2.12. The van der Waals surface area contributed by atoms with Crippen molar-refractivity contribution in [3.05, 3.63) is 0 Å². The zero-order valence-corrected chi connectivity index (χ0v) is 6.21. The number of amides is 1. The number of aliphatic hydroxyl groups is 1. The summed E-state index contributed by atoms with van der Waals surface area (Å²) in [5.41, 5.74) is 0. The second-order valence-electron chi connectivity index (χ2n) is 2.26. The van der Waals surface area contributed by atoms with Crippen molar-refractivity contribution in [3.8, 4) is 0 Å². The van der Waals surface area contributed by atoms with Gasteiger partial charge in [-0.3, -0.25) is 9.35 Å². The van der Waals surface area contributed by atoms with E-state index >= 15 is 0 Å². The molecule has 0 aromatic heterocycles. The Kier molecular flexibility index (Phi) is 1.87. The first-order valence-corrected chi connectivity index (χ1v) is 4.36. The van der Waals surface area contributed by atoms with Gasteiger partial charge in [-0.1, -0.05) is 0 Å². The van der Waals surface area contributed by atoms with Crippen LogP contribution in [0.25, 0.3) is 0 Å². The highest BCUT2D eigenvalue weighted by Gasteiger charge is 2.39. The SMILES string of the molecule is O=C1N[C@H](O)CC1S(=O)(=O)O. The second-order valence-corrected chi connectivity index (χ2v) is 3.86. The summed E-state index contributed by atoms with van der Waals surface area (Å²) >= 11 is 0. The maximum absolute atomic E-state index is 10.6. The summed E-state index contributed by atoms with van der Waals surface area (Å²) in [4.78, 5) is 10.6. The third kappa shape index (κ3) is 1.67. The van der Waals surface area contributed by atoms with Crippen LogP contribution < -0.4 is 5.32 Å². The van der Waals surface area contributed by atoms with Gasteiger partial charge in [0.1, 0.15) is 6.23 Å². The standard InChI is InChI=1S/C4H7NO5S/c6-3-1-2(4(7)5-3)11(8,9)10/h2-3,6H,1H2,(H,5,7)(H,8,9,10)/t2?,3-/m1/s1. The lowest BCUT2D eigenvalue weighted by molar-refractivity contribution is -0.119. The predicted octanol–water partition coefficient (Wildman–Crippen LogP) is -1.92. The van der Waals surface area contributed by atoms with E-state index in [9.17, 15) is 13.2 Å². The maximum Gasteiger partial charge on any atom is 0.277 e. The van der Waals surface area contributed by atoms with Crippen LogP contribution in [0.4, 0.5) is 0 Å². The molecule has 0 aromatic carbocycles. The Bertz CT molecular complexity index is 270. The summed E-state index contributed by atoms with van der Waals surface area (Å²) in [6, 6.07) is 0. The number of hydrogen-bond acceptors (Lipinski definition) is 4. The predicted molar refractivity (Wildman–Crippen MR) is 34.1 cm³/mol. The summed E-state index contributed by atoms with van der Waals surface area (Å²) < 4.78 is 29.2. The molecule has 0 aromatic rings. The maximum atomic E-state index is 10.6. The topological polar surface area (TPSA) is 104 Å². The van der Waals surface area contributed by atoms with Crippen molar-refractivity contribution < 1.29 is 22.9 Å². The number of hydrogen-bond donors (Lipinski definition) is 3. The Morgan fingerprint density at radius 1 is 1.55 bits per heavy atom. The van der Waals surface area contributed by atoms with Crippen molar-refractivity contribution in [1.82, 2.24) is 5.32 Å². The minimum absolute atomic E-state index is 0.294. The Hall–Kier alpha value is -0.660. The Morgan fingerprint density at radius 3 is 2.27 bits per heavy atom. The van der Waals surface area contributed by atoms with Gasteiger partial charge < -0.3 is 10.4 Å². The Labute approximate surface area is 63.0 Å². The number of nitrogens with one attached hydrogen (secondary N) is 1. The van der Waals surface area contributed by atoms with Gasteiger partial charge in [0.25, 0.3) is 10.1 Å². The van der Waals surface area contributed by atoms with Gasteiger partial charge in [0.05, 0.1) is 0 Å². The third-order valence-electron chi connectivity index (χ3n) is 1.40. The minimum atomic E-state index is -4.36. The molecule has 6 nitrogen and oxygen atoms in total. The molecule has 0 radical (unpaired) electrons. The molecule has 3 N–H and O–H groups in total. The van der Waals surface area contributed by atoms with E-state index in [1.807, 2.05) is 5.32 Å². The first-order chi connectivity index (χ1) is 4.91. The largest absolute Gasteiger partial charge is 0.374 e. The van der Waals surface area contributed by atoms with Gasteiger partial charge in [0, 0.05) is 6.42 Å². The number of carbonyl (C=O) groups excluding carboxylic acids is 1. The van der Waals surface area contributed by atoms with E-state index in [0.717, 1.165) is 0 Å². The molecule has 11 heavy (non-hydrogen) atoms. The van der Waals surface area contributed by atoms with E-state index in [1.54, 1.807) is 0 Å². The fraction of sp³-hybridized carbons (Fsp3) is 0.750. The summed E-state index contributed by atoms with van der Waals surface area (Å²) in [6.45, 7) is 0. The molecule has 1 aliphatic rings. The molecular weight excluding hydrogens is 174 g/mol. The van der Waals surface area contributed by atoms with Gasteiger partial charge in [0.15, 0.2) is 5.25 Å². The molecule has 1 unspecified atom stereocenters. The van der Waals surface area contributed by atoms with Crippen LogP contribution >= 0.6 is 0 Å². The third-order valence-corrected chi connectivity index (χ3v) is 2.52. The second kappa shape index (κ2) is 2.43. The molecule has 0 aliphatic carbocycles. The Balaban J connectivity index is 2.85. The summed E-state index contributed by atoms with van der Waals surface area (Å²) in [5, 5.41) is 9.16. The molecule has 1 amide bonds. The van der Waals surface area contributed by atoms with Gasteiger partial charge >= 0.3 is 0 Å². The lowest BCUT2D eigenvalue weighted by Crippen LogP contribution is -2.30. The van der Waals surface area contributed by atoms with Gasteiger partial charge in [-0.05, 0) is 0 Å². The van der Waals surface area contributed by atoms with Crippen LogP contribution in [0.15, 0.2) is 0 Å². The quantitative estimate of drug-likeness (QED) is 0.409. The monoisotopic (exact) mass is 181 g/mol. The van der Waals surface area contributed by atoms with Crippen LogP contribution in [0.5, 0.6) is 0 Å². The lowest BCUT2D eigenvalue weighted by atomic mass is 10.3. The van der Waals surface area contributed by atoms with E-state index in [-0.39, 0.29) is 6.42 Å². The van der Waals surface area contributed by atoms with Gasteiger partial charge in [-0.15, -0.1) is 0 Å². The molecule has 0 spiro atoms. The smallest absolute Gasteiger partial charge is 0.277 e. The van der Waals surface area contributed by atoms with Crippen LogP contribution in [-0.2, 0) is 14.9 Å². The highest BCUT2D eigenvalue weighted by molar-refractivity contribution is 7.87. The average Bonchev–Trinajstić information content (AvgIpc) is 2.08. The number of rotatable bonds is 1. The van der Waals surface area contributed by atoms with Crippen molar-refractivity contribution in [3.63, 3.8) is 0 Å². The van der Waals surface area contributed by atoms with E-state index in [2.05, 4.69) is 0 Å². The number of carbonyl (C=O) groups is 1. The average molecular weight is 181 g/mol. The van der Waals surface area contributed by atoms with E-state index < -0.39 is 27.5 Å². The molecule has 1 saturated heterocycles. The molecule has 7 heteroatoms. The molecule has 1 rings (SSSR count). The zero-order chi connectivity index (χ0) is 8.65. The van der Waals surface area contributed by atoms with Crippen molar-refractivity contribution >= 4 is 16.0 Å². The summed E-state index contributed by atoms with van der Waals surface area (Å²) in [7, 11) is -4.36. The lowest BCUT2D eigenvalue weighted by Gasteiger charge is -1.99. The van der Waals surface area contributed by atoms with E-state index in [0.29, 0.717) is 0 Å². The van der Waals surface area contributed by atoms with Crippen LogP contribution in [0.2, 0.25) is 0 Å². The first-order valence-electron chi connectivity index (χ1n) is 2.86. The molecule has 2 atom stereocenters. The summed E-state index contributed by atoms with van der Waals surface area (Å²) in [6.07, 6.45) is -1.47. The zero-order valence-electron chi connectivity index (χ0n) is 5.39. The molecule has 0 saturated carbocycles. The van der Waals surface area contributed by atoms with Crippen molar-refractivity contribution in [2.45, 2.75) is 17.9 Å². The molecule has 1 heterocycles. The molecule has 64 valence electrons. The normalized spacial score (nSPS) is 32.0. The summed E-state index contributed by atoms with van der Waals surface area (Å²) in [5.74, 6) is -0.861. The number of aliphatic hydroxyl groups excluding tert-OH is 1. The van der Waals surface area contributed by atoms with E-state index in [4.69, 9.17) is 9.66 Å². The minimum Gasteiger partial charge on any atom is -0.374 e. The molecule has 1 aliphatic heterocycles. The van der Waals surface area contributed by atoms with Crippen LogP contribution in [0, 0.1) is 0 Å². The van der Waals surface area contributed by atoms with Crippen LogP contribution in [0.1, 0.15) is 6.42 Å². The van der Waals surface area contributed by atoms with Crippen molar-refractivity contribution in [1.29, 1.82) is 0 Å². The fourth-order valence-electron chi connectivity index (χ4n) is 0.883. The van der Waals surface area contributed by atoms with Gasteiger partial charge in [0.2, 0.25) is 5.91 Å². The van der Waals surface area contributed by atoms with Crippen LogP contribution in [0.3, 0.4) is 0 Å². The van der Waals surface area contributed by atoms with Crippen molar-refractivity contribution in [2.24, 2.45) is 0 Å². The Morgan fingerprint density at radius 2 is 2.09 bits per heavy atom. The van der Waals surface area contributed by atoms with Gasteiger partial charge in [-0.25, -0.2) is 0 Å². The van der Waals surface area contributed by atoms with E-state index in [1.165, 1.54) is 0 Å². The van der Waals surface area contributed by atoms with Gasteiger partial charge in [-0.2, -0.15) is 8.42 Å². The molecule has 1 fully saturated rings. The highest BCUT2D eigenvalue weighted by atomic mass is 32.2. The van der Waals surface area contributed by atoms with Crippen LogP contribution in [-0.4, -0.2) is 35.5 Å². The fourth-order valence-corrected chi connectivity index (χ4v) is 1.65. The molecule has 0 bridgehead atoms. The van der Waals surface area contributed by atoms with Crippen molar-refractivity contribution in [2.75, 3.05) is 0 Å². The molecular formula is C4H7NO5S. The first kappa shape index (κ1) is 8.44.